The normalized spacial score (nSPS) is 10.5. The lowest BCUT2D eigenvalue weighted by Gasteiger charge is -2.04. The molecule has 1 heterocycles. The summed E-state index contributed by atoms with van der Waals surface area (Å²) in [5.74, 6) is -3.27. The Hall–Kier alpha value is -2.49. The van der Waals surface area contributed by atoms with Crippen molar-refractivity contribution in [2.75, 3.05) is 12.4 Å². The molecule has 24 heavy (non-hydrogen) atoms. The van der Waals surface area contributed by atoms with Crippen LogP contribution in [0.2, 0.25) is 0 Å². The monoisotopic (exact) mass is 357 g/mol. The average molecular weight is 357 g/mol. The van der Waals surface area contributed by atoms with Crippen LogP contribution < -0.4 is 5.32 Å². The minimum absolute atomic E-state index is 0.00225. The number of esters is 1. The van der Waals surface area contributed by atoms with E-state index in [-0.39, 0.29) is 30.0 Å². The maximum absolute atomic E-state index is 13.5. The maximum atomic E-state index is 13.5. The zero-order chi connectivity index (χ0) is 17.5. The second kappa shape index (κ2) is 8.39. The van der Waals surface area contributed by atoms with Crippen molar-refractivity contribution < 1.29 is 27.5 Å². The summed E-state index contributed by atoms with van der Waals surface area (Å²) in [5, 5.41) is 9.73. The predicted octanol–water partition coefficient (Wildman–Crippen LogP) is 1.93. The smallest absolute Gasteiger partial charge is 0.316 e. The maximum Gasteiger partial charge on any atom is 0.316 e. The Bertz CT molecular complexity index is 718. The molecule has 0 spiro atoms. The number of aromatic nitrogens is 2. The third-order valence-corrected chi connectivity index (χ3v) is 3.45. The second-order valence-electron chi connectivity index (χ2n) is 4.33. The molecule has 1 aromatic heterocycles. The van der Waals surface area contributed by atoms with E-state index in [9.17, 15) is 18.4 Å². The number of amides is 1. The molecule has 1 amide bonds. The number of rotatable bonds is 7. The lowest BCUT2D eigenvalue weighted by molar-refractivity contribution is -0.139. The Kier molecular flexibility index (Phi) is 6.24. The SMILES string of the molecule is CCOC(=O)CSc1nnc(CNC(=O)c2c(F)cccc2F)o1. The van der Waals surface area contributed by atoms with E-state index in [4.69, 9.17) is 9.15 Å². The van der Waals surface area contributed by atoms with Crippen molar-refractivity contribution in [2.24, 2.45) is 0 Å². The summed E-state index contributed by atoms with van der Waals surface area (Å²) in [4.78, 5) is 23.0. The molecule has 128 valence electrons. The van der Waals surface area contributed by atoms with Crippen molar-refractivity contribution in [3.63, 3.8) is 0 Å². The molecule has 0 aliphatic carbocycles. The van der Waals surface area contributed by atoms with E-state index in [1.807, 2.05) is 0 Å². The van der Waals surface area contributed by atoms with Gasteiger partial charge in [-0.1, -0.05) is 17.8 Å². The number of halogens is 2. The number of ether oxygens (including phenoxy) is 1. The summed E-state index contributed by atoms with van der Waals surface area (Å²) in [6.07, 6.45) is 0. The Morgan fingerprint density at radius 1 is 1.29 bits per heavy atom. The lowest BCUT2D eigenvalue weighted by atomic mass is 10.2. The van der Waals surface area contributed by atoms with Crippen LogP contribution in [-0.2, 0) is 16.1 Å². The molecular weight excluding hydrogens is 344 g/mol. The molecule has 1 aromatic carbocycles. The molecule has 2 aromatic rings. The number of carbonyl (C=O) groups is 2. The number of thioether (sulfide) groups is 1. The molecule has 0 saturated heterocycles. The summed E-state index contributed by atoms with van der Waals surface area (Å²) in [6, 6.07) is 3.12. The Labute approximate surface area is 139 Å². The molecule has 0 unspecified atom stereocenters. The lowest BCUT2D eigenvalue weighted by Crippen LogP contribution is -2.25. The highest BCUT2D eigenvalue weighted by molar-refractivity contribution is 7.99. The standard InChI is InChI=1S/C14H13F2N3O4S/c1-2-22-11(20)7-24-14-19-18-10(23-14)6-17-13(21)12-8(15)4-3-5-9(12)16/h3-5H,2,6-7H2,1H3,(H,17,21). The van der Waals surface area contributed by atoms with Crippen LogP contribution in [-0.4, -0.2) is 34.4 Å². The molecule has 10 heteroatoms. The molecule has 1 N–H and O–H groups in total. The van der Waals surface area contributed by atoms with Crippen molar-refractivity contribution in [3.05, 3.63) is 41.3 Å². The molecular formula is C14H13F2N3O4S. The Morgan fingerprint density at radius 2 is 2.00 bits per heavy atom. The highest BCUT2D eigenvalue weighted by Crippen LogP contribution is 2.16. The van der Waals surface area contributed by atoms with Gasteiger partial charge in [0.1, 0.15) is 23.0 Å². The molecule has 0 aliphatic rings. The third kappa shape index (κ3) is 4.75. The van der Waals surface area contributed by atoms with Gasteiger partial charge in [-0.3, -0.25) is 9.59 Å². The first-order chi connectivity index (χ1) is 11.5. The summed E-state index contributed by atoms with van der Waals surface area (Å²) >= 11 is 0.977. The second-order valence-corrected chi connectivity index (χ2v) is 5.26. The van der Waals surface area contributed by atoms with Gasteiger partial charge in [0.15, 0.2) is 0 Å². The van der Waals surface area contributed by atoms with Crippen LogP contribution in [0.4, 0.5) is 8.78 Å². The molecule has 2 rings (SSSR count). The van der Waals surface area contributed by atoms with Crippen molar-refractivity contribution in [2.45, 2.75) is 18.7 Å². The minimum Gasteiger partial charge on any atom is -0.465 e. The molecule has 0 radical (unpaired) electrons. The van der Waals surface area contributed by atoms with E-state index in [0.717, 1.165) is 30.0 Å². The number of carbonyl (C=O) groups excluding carboxylic acids is 2. The zero-order valence-electron chi connectivity index (χ0n) is 12.5. The number of hydrogen-bond donors (Lipinski definition) is 1. The van der Waals surface area contributed by atoms with E-state index in [2.05, 4.69) is 15.5 Å². The van der Waals surface area contributed by atoms with E-state index in [1.54, 1.807) is 6.92 Å². The first-order valence-corrected chi connectivity index (χ1v) is 7.82. The van der Waals surface area contributed by atoms with Gasteiger partial charge < -0.3 is 14.5 Å². The minimum atomic E-state index is -0.969. The van der Waals surface area contributed by atoms with E-state index in [0.29, 0.717) is 0 Å². The van der Waals surface area contributed by atoms with Crippen LogP contribution >= 0.6 is 11.8 Å². The summed E-state index contributed by atoms with van der Waals surface area (Å²) in [7, 11) is 0. The van der Waals surface area contributed by atoms with Crippen LogP contribution in [0.3, 0.4) is 0 Å². The summed E-state index contributed by atoms with van der Waals surface area (Å²) in [5.41, 5.74) is -0.686. The first kappa shape index (κ1) is 17.9. The van der Waals surface area contributed by atoms with E-state index >= 15 is 0 Å². The number of nitrogens with zero attached hydrogens (tertiary/aromatic N) is 2. The average Bonchev–Trinajstić information content (AvgIpc) is 2.99. The Morgan fingerprint density at radius 3 is 2.67 bits per heavy atom. The predicted molar refractivity (Wildman–Crippen MR) is 79.2 cm³/mol. The van der Waals surface area contributed by atoms with Crippen LogP contribution in [0.5, 0.6) is 0 Å². The van der Waals surface area contributed by atoms with Gasteiger partial charge in [-0.25, -0.2) is 8.78 Å². The largest absolute Gasteiger partial charge is 0.465 e. The van der Waals surface area contributed by atoms with Crippen LogP contribution in [0, 0.1) is 11.6 Å². The fraction of sp³-hybridized carbons (Fsp3) is 0.286. The number of nitrogens with one attached hydrogen (secondary N) is 1. The van der Waals surface area contributed by atoms with Gasteiger partial charge in [-0.05, 0) is 19.1 Å². The number of benzene rings is 1. The highest BCUT2D eigenvalue weighted by Gasteiger charge is 2.18. The summed E-state index contributed by atoms with van der Waals surface area (Å²) < 4.78 is 36.9. The van der Waals surface area contributed by atoms with Gasteiger partial charge in [0.2, 0.25) is 5.89 Å². The highest BCUT2D eigenvalue weighted by atomic mass is 32.2. The molecule has 0 aliphatic heterocycles. The van der Waals surface area contributed by atoms with Gasteiger partial charge in [0.05, 0.1) is 13.2 Å². The van der Waals surface area contributed by atoms with Crippen LogP contribution in [0.25, 0.3) is 0 Å². The quantitative estimate of drug-likeness (QED) is 0.598. The molecule has 7 nitrogen and oxygen atoms in total. The van der Waals surface area contributed by atoms with Gasteiger partial charge in [-0.2, -0.15) is 0 Å². The fourth-order valence-electron chi connectivity index (χ4n) is 1.65. The van der Waals surface area contributed by atoms with Gasteiger partial charge >= 0.3 is 5.97 Å². The van der Waals surface area contributed by atoms with Crippen molar-refractivity contribution in [1.29, 1.82) is 0 Å². The Balaban J connectivity index is 1.89. The van der Waals surface area contributed by atoms with Crippen molar-refractivity contribution in [3.8, 4) is 0 Å². The first-order valence-electron chi connectivity index (χ1n) is 6.84. The fourth-order valence-corrected chi connectivity index (χ4v) is 2.23. The molecule has 0 atom stereocenters. The van der Waals surface area contributed by atoms with E-state index in [1.165, 1.54) is 0 Å². The van der Waals surface area contributed by atoms with Gasteiger partial charge in [0.25, 0.3) is 11.1 Å². The van der Waals surface area contributed by atoms with E-state index < -0.39 is 29.1 Å². The van der Waals surface area contributed by atoms with Gasteiger partial charge in [0, 0.05) is 0 Å². The topological polar surface area (TPSA) is 94.3 Å². The van der Waals surface area contributed by atoms with Crippen molar-refractivity contribution in [1.82, 2.24) is 15.5 Å². The third-order valence-electron chi connectivity index (χ3n) is 2.66. The molecule has 0 bridgehead atoms. The van der Waals surface area contributed by atoms with Crippen LogP contribution in [0.15, 0.2) is 27.8 Å². The molecule has 0 fully saturated rings. The number of hydrogen-bond acceptors (Lipinski definition) is 7. The zero-order valence-corrected chi connectivity index (χ0v) is 13.4. The van der Waals surface area contributed by atoms with Crippen molar-refractivity contribution >= 4 is 23.6 Å². The molecule has 0 saturated carbocycles. The van der Waals surface area contributed by atoms with Crippen LogP contribution in [0.1, 0.15) is 23.2 Å². The van der Waals surface area contributed by atoms with Gasteiger partial charge in [-0.15, -0.1) is 10.2 Å². The summed E-state index contributed by atoms with van der Waals surface area (Å²) in [6.45, 7) is 1.75.